The van der Waals surface area contributed by atoms with Crippen LogP contribution in [-0.4, -0.2) is 19.2 Å². The van der Waals surface area contributed by atoms with Crippen molar-refractivity contribution < 1.29 is 4.74 Å². The summed E-state index contributed by atoms with van der Waals surface area (Å²) in [6, 6.07) is 9.29. The first-order chi connectivity index (χ1) is 9.35. The molecule has 0 heterocycles. The molecule has 1 aliphatic rings. The molecule has 1 aliphatic carbocycles. The van der Waals surface area contributed by atoms with E-state index in [2.05, 4.69) is 43.4 Å². The van der Waals surface area contributed by atoms with E-state index in [1.165, 1.54) is 31.2 Å². The third-order valence-corrected chi connectivity index (χ3v) is 3.94. The highest BCUT2D eigenvalue weighted by Crippen LogP contribution is 2.38. The lowest BCUT2D eigenvalue weighted by Gasteiger charge is -2.17. The van der Waals surface area contributed by atoms with Crippen LogP contribution < -0.4 is 10.1 Å². The number of rotatable bonds is 7. The lowest BCUT2D eigenvalue weighted by Crippen LogP contribution is -2.26. The van der Waals surface area contributed by atoms with Gasteiger partial charge in [-0.2, -0.15) is 0 Å². The van der Waals surface area contributed by atoms with Crippen LogP contribution in [0, 0.1) is 0 Å². The average Bonchev–Trinajstić information content (AvgIpc) is 2.92. The topological polar surface area (TPSA) is 21.3 Å². The van der Waals surface area contributed by atoms with Crippen LogP contribution in [0.25, 0.3) is 0 Å². The molecule has 106 valence electrons. The molecule has 1 saturated carbocycles. The van der Waals surface area contributed by atoms with Crippen LogP contribution in [0.2, 0.25) is 0 Å². The van der Waals surface area contributed by atoms with Crippen molar-refractivity contribution in [2.24, 2.45) is 0 Å². The molecule has 1 aromatic carbocycles. The van der Waals surface area contributed by atoms with E-state index in [4.69, 9.17) is 4.74 Å². The lowest BCUT2D eigenvalue weighted by atomic mass is 9.96. The predicted molar refractivity (Wildman–Crippen MR) is 80.9 cm³/mol. The fourth-order valence-electron chi connectivity index (χ4n) is 2.96. The molecule has 0 radical (unpaired) electrons. The number of hydrogen-bond donors (Lipinski definition) is 1. The van der Waals surface area contributed by atoms with Crippen LogP contribution in [0.3, 0.4) is 0 Å². The van der Waals surface area contributed by atoms with Crippen molar-refractivity contribution in [3.63, 3.8) is 0 Å². The minimum Gasteiger partial charge on any atom is -0.493 e. The Balaban J connectivity index is 1.98. The van der Waals surface area contributed by atoms with Gasteiger partial charge in [-0.15, -0.1) is 0 Å². The fourth-order valence-corrected chi connectivity index (χ4v) is 2.96. The number of para-hydroxylation sites is 1. The Kier molecular flexibility index (Phi) is 5.71. The highest BCUT2D eigenvalue weighted by atomic mass is 16.5. The maximum Gasteiger partial charge on any atom is 0.122 e. The summed E-state index contributed by atoms with van der Waals surface area (Å²) >= 11 is 0. The van der Waals surface area contributed by atoms with Gasteiger partial charge in [0.1, 0.15) is 5.75 Å². The third kappa shape index (κ3) is 3.97. The van der Waals surface area contributed by atoms with Gasteiger partial charge in [0.15, 0.2) is 0 Å². The zero-order valence-electron chi connectivity index (χ0n) is 12.3. The molecule has 0 aliphatic heterocycles. The second-order valence-corrected chi connectivity index (χ2v) is 5.55. The summed E-state index contributed by atoms with van der Waals surface area (Å²) in [7, 11) is 0. The molecule has 0 saturated heterocycles. The zero-order valence-corrected chi connectivity index (χ0v) is 12.3. The molecule has 2 rings (SSSR count). The monoisotopic (exact) mass is 261 g/mol. The SMILES string of the molecule is CCCNC1CCC(c2ccccc2OCCC)C1. The smallest absolute Gasteiger partial charge is 0.122 e. The van der Waals surface area contributed by atoms with E-state index in [0.29, 0.717) is 12.0 Å². The van der Waals surface area contributed by atoms with E-state index in [0.717, 1.165) is 25.3 Å². The van der Waals surface area contributed by atoms with Crippen LogP contribution in [0.1, 0.15) is 57.4 Å². The van der Waals surface area contributed by atoms with Crippen LogP contribution in [0.4, 0.5) is 0 Å². The normalized spacial score (nSPS) is 22.6. The Labute approximate surface area is 117 Å². The van der Waals surface area contributed by atoms with E-state index in [-0.39, 0.29) is 0 Å². The minimum absolute atomic E-state index is 0.669. The lowest BCUT2D eigenvalue weighted by molar-refractivity contribution is 0.312. The van der Waals surface area contributed by atoms with Gasteiger partial charge in [-0.1, -0.05) is 32.0 Å². The van der Waals surface area contributed by atoms with Crippen molar-refractivity contribution in [2.75, 3.05) is 13.2 Å². The first-order valence-corrected chi connectivity index (χ1v) is 7.80. The molecule has 2 atom stereocenters. The van der Waals surface area contributed by atoms with Crippen molar-refractivity contribution in [1.29, 1.82) is 0 Å². The molecular weight excluding hydrogens is 234 g/mol. The van der Waals surface area contributed by atoms with Crippen molar-refractivity contribution in [3.8, 4) is 5.75 Å². The maximum absolute atomic E-state index is 5.89. The van der Waals surface area contributed by atoms with Gasteiger partial charge in [0.2, 0.25) is 0 Å². The summed E-state index contributed by atoms with van der Waals surface area (Å²) in [5.74, 6) is 1.77. The van der Waals surface area contributed by atoms with Gasteiger partial charge >= 0.3 is 0 Å². The number of hydrogen-bond acceptors (Lipinski definition) is 2. The van der Waals surface area contributed by atoms with Crippen LogP contribution >= 0.6 is 0 Å². The number of benzene rings is 1. The molecule has 0 spiro atoms. The van der Waals surface area contributed by atoms with Crippen molar-refractivity contribution in [3.05, 3.63) is 29.8 Å². The minimum atomic E-state index is 0.669. The molecular formula is C17H27NO. The Bertz CT molecular complexity index is 377. The second-order valence-electron chi connectivity index (χ2n) is 5.55. The van der Waals surface area contributed by atoms with Crippen LogP contribution in [0.5, 0.6) is 5.75 Å². The molecule has 19 heavy (non-hydrogen) atoms. The molecule has 0 amide bonds. The Hall–Kier alpha value is -1.02. The molecule has 0 bridgehead atoms. The van der Waals surface area contributed by atoms with Crippen LogP contribution in [-0.2, 0) is 0 Å². The van der Waals surface area contributed by atoms with Gasteiger partial charge in [0.05, 0.1) is 6.61 Å². The molecule has 0 aromatic heterocycles. The molecule has 2 unspecified atom stereocenters. The molecule has 1 N–H and O–H groups in total. The third-order valence-electron chi connectivity index (χ3n) is 3.94. The fraction of sp³-hybridized carbons (Fsp3) is 0.647. The molecule has 2 heteroatoms. The number of ether oxygens (including phenoxy) is 1. The zero-order chi connectivity index (χ0) is 13.5. The summed E-state index contributed by atoms with van der Waals surface area (Å²) in [5.41, 5.74) is 1.41. The second kappa shape index (κ2) is 7.54. The highest BCUT2D eigenvalue weighted by molar-refractivity contribution is 5.37. The quantitative estimate of drug-likeness (QED) is 0.797. The van der Waals surface area contributed by atoms with Crippen LogP contribution in [0.15, 0.2) is 24.3 Å². The number of nitrogens with one attached hydrogen (secondary N) is 1. The van der Waals surface area contributed by atoms with E-state index in [1.807, 2.05) is 0 Å². The van der Waals surface area contributed by atoms with Gasteiger partial charge < -0.3 is 10.1 Å². The summed E-state index contributed by atoms with van der Waals surface area (Å²) in [6.45, 7) is 6.35. The summed E-state index contributed by atoms with van der Waals surface area (Å²) in [5, 5.41) is 3.65. The molecule has 2 nitrogen and oxygen atoms in total. The van der Waals surface area contributed by atoms with Gasteiger partial charge in [0.25, 0.3) is 0 Å². The summed E-state index contributed by atoms with van der Waals surface area (Å²) in [4.78, 5) is 0. The predicted octanol–water partition coefficient (Wildman–Crippen LogP) is 4.11. The molecule has 1 aromatic rings. The highest BCUT2D eigenvalue weighted by Gasteiger charge is 2.27. The largest absolute Gasteiger partial charge is 0.493 e. The van der Waals surface area contributed by atoms with Gasteiger partial charge in [-0.05, 0) is 56.2 Å². The summed E-state index contributed by atoms with van der Waals surface area (Å²) in [6.07, 6.45) is 6.13. The molecule has 1 fully saturated rings. The van der Waals surface area contributed by atoms with Gasteiger partial charge in [-0.3, -0.25) is 0 Å². The van der Waals surface area contributed by atoms with E-state index < -0.39 is 0 Å². The standard InChI is InChI=1S/C17H27NO/c1-3-11-18-15-10-9-14(13-15)16-7-5-6-8-17(16)19-12-4-2/h5-8,14-15,18H,3-4,9-13H2,1-2H3. The van der Waals surface area contributed by atoms with Gasteiger partial charge in [-0.25, -0.2) is 0 Å². The van der Waals surface area contributed by atoms with Crippen molar-refractivity contribution >= 4 is 0 Å². The van der Waals surface area contributed by atoms with Crippen molar-refractivity contribution in [2.45, 2.75) is 57.9 Å². The van der Waals surface area contributed by atoms with Gasteiger partial charge in [0, 0.05) is 6.04 Å². The Morgan fingerprint density at radius 1 is 1.16 bits per heavy atom. The first-order valence-electron chi connectivity index (χ1n) is 7.80. The maximum atomic E-state index is 5.89. The van der Waals surface area contributed by atoms with E-state index in [9.17, 15) is 0 Å². The van der Waals surface area contributed by atoms with Crippen molar-refractivity contribution in [1.82, 2.24) is 5.32 Å². The van der Waals surface area contributed by atoms with E-state index >= 15 is 0 Å². The van der Waals surface area contributed by atoms with E-state index in [1.54, 1.807) is 0 Å². The summed E-state index contributed by atoms with van der Waals surface area (Å²) < 4.78 is 5.89. The Morgan fingerprint density at radius 3 is 2.79 bits per heavy atom. The Morgan fingerprint density at radius 2 is 2.00 bits per heavy atom. The average molecular weight is 261 g/mol. The first kappa shape index (κ1) is 14.4.